The quantitative estimate of drug-likeness (QED) is 0.676. The molecular formula is C14H19N2O2+. The summed E-state index contributed by atoms with van der Waals surface area (Å²) in [6, 6.07) is 6.04. The number of aliphatic hydroxyl groups excluding tert-OH is 1. The van der Waals surface area contributed by atoms with E-state index in [1.165, 1.54) is 11.1 Å². The third-order valence-corrected chi connectivity index (χ3v) is 3.23. The molecule has 0 spiro atoms. The van der Waals surface area contributed by atoms with Crippen molar-refractivity contribution in [2.24, 2.45) is 0 Å². The Bertz CT molecular complexity index is 617. The molecule has 96 valence electrons. The first-order valence-electron chi connectivity index (χ1n) is 6.17. The molecule has 0 fully saturated rings. The minimum Gasteiger partial charge on any atom is -0.391 e. The number of benzene rings is 1. The fourth-order valence-electron chi connectivity index (χ4n) is 2.02. The van der Waals surface area contributed by atoms with Crippen LogP contribution in [0.2, 0.25) is 0 Å². The molecule has 4 N–H and O–H groups in total. The van der Waals surface area contributed by atoms with Crippen LogP contribution in [0.15, 0.2) is 23.0 Å². The highest BCUT2D eigenvalue weighted by Crippen LogP contribution is 2.16. The van der Waals surface area contributed by atoms with Gasteiger partial charge in [0, 0.05) is 5.52 Å². The molecule has 0 aliphatic rings. The Kier molecular flexibility index (Phi) is 3.79. The fourth-order valence-corrected chi connectivity index (χ4v) is 2.02. The summed E-state index contributed by atoms with van der Waals surface area (Å²) >= 11 is 0. The monoisotopic (exact) mass is 247 g/mol. The summed E-state index contributed by atoms with van der Waals surface area (Å²) in [6.07, 6.45) is 0. The fraction of sp³-hybridized carbons (Fsp3) is 0.357. The first kappa shape index (κ1) is 12.8. The summed E-state index contributed by atoms with van der Waals surface area (Å²) in [7, 11) is 0. The number of H-pyrrole nitrogens is 1. The van der Waals surface area contributed by atoms with Gasteiger partial charge in [-0.3, -0.25) is 4.79 Å². The third-order valence-electron chi connectivity index (χ3n) is 3.23. The van der Waals surface area contributed by atoms with Gasteiger partial charge >= 0.3 is 0 Å². The number of hydrogen-bond acceptors (Lipinski definition) is 2. The first-order valence-corrected chi connectivity index (χ1v) is 6.17. The van der Waals surface area contributed by atoms with Gasteiger partial charge in [-0.25, -0.2) is 0 Å². The number of quaternary nitrogens is 1. The number of aryl methyl sites for hydroxylation is 2. The summed E-state index contributed by atoms with van der Waals surface area (Å²) in [5.74, 6) is 0. The van der Waals surface area contributed by atoms with Gasteiger partial charge in [-0.05, 0) is 48.6 Å². The van der Waals surface area contributed by atoms with Gasteiger partial charge in [0.2, 0.25) is 0 Å². The lowest BCUT2D eigenvalue weighted by molar-refractivity contribution is -0.671. The SMILES string of the molecule is Cc1cc2cc(C[NH2+]CCO)c(=O)[nH]c2cc1C. The number of nitrogens with two attached hydrogens (primary N) is 1. The third kappa shape index (κ3) is 2.60. The van der Waals surface area contributed by atoms with Crippen LogP contribution >= 0.6 is 0 Å². The van der Waals surface area contributed by atoms with E-state index in [-0.39, 0.29) is 12.2 Å². The van der Waals surface area contributed by atoms with Gasteiger partial charge in [-0.15, -0.1) is 0 Å². The van der Waals surface area contributed by atoms with Crippen molar-refractivity contribution in [1.82, 2.24) is 4.98 Å². The Morgan fingerprint density at radius 2 is 1.94 bits per heavy atom. The molecular weight excluding hydrogens is 228 g/mol. The van der Waals surface area contributed by atoms with Gasteiger partial charge < -0.3 is 15.4 Å². The normalized spacial score (nSPS) is 11.1. The van der Waals surface area contributed by atoms with E-state index in [0.717, 1.165) is 16.5 Å². The molecule has 1 aromatic heterocycles. The molecule has 0 aliphatic carbocycles. The van der Waals surface area contributed by atoms with Crippen molar-refractivity contribution in [2.45, 2.75) is 20.4 Å². The summed E-state index contributed by atoms with van der Waals surface area (Å²) < 4.78 is 0. The Morgan fingerprint density at radius 3 is 2.67 bits per heavy atom. The van der Waals surface area contributed by atoms with Gasteiger partial charge in [0.15, 0.2) is 0 Å². The van der Waals surface area contributed by atoms with E-state index < -0.39 is 0 Å². The second-order valence-electron chi connectivity index (χ2n) is 4.65. The molecule has 0 saturated heterocycles. The van der Waals surface area contributed by atoms with Gasteiger partial charge in [0.1, 0.15) is 6.54 Å². The van der Waals surface area contributed by atoms with Gasteiger partial charge in [0.05, 0.1) is 18.7 Å². The van der Waals surface area contributed by atoms with E-state index in [2.05, 4.69) is 18.0 Å². The zero-order valence-corrected chi connectivity index (χ0v) is 10.8. The van der Waals surface area contributed by atoms with Crippen LogP contribution < -0.4 is 10.9 Å². The molecule has 0 saturated carbocycles. The molecule has 0 atom stereocenters. The molecule has 0 amide bonds. The summed E-state index contributed by atoms with van der Waals surface area (Å²) in [5.41, 5.74) is 3.99. The number of pyridine rings is 1. The highest BCUT2D eigenvalue weighted by atomic mass is 16.3. The van der Waals surface area contributed by atoms with Crippen molar-refractivity contribution in [3.05, 3.63) is 45.2 Å². The van der Waals surface area contributed by atoms with Crippen LogP contribution in [-0.4, -0.2) is 23.2 Å². The zero-order valence-electron chi connectivity index (χ0n) is 10.8. The molecule has 0 radical (unpaired) electrons. The molecule has 0 unspecified atom stereocenters. The van der Waals surface area contributed by atoms with Crippen molar-refractivity contribution in [3.8, 4) is 0 Å². The Hall–Kier alpha value is -1.65. The molecule has 4 heteroatoms. The van der Waals surface area contributed by atoms with Gasteiger partial charge in [-0.1, -0.05) is 0 Å². The largest absolute Gasteiger partial charge is 0.391 e. The van der Waals surface area contributed by atoms with Crippen LogP contribution in [0.4, 0.5) is 0 Å². The molecule has 2 aromatic rings. The van der Waals surface area contributed by atoms with Crippen molar-refractivity contribution in [1.29, 1.82) is 0 Å². The molecule has 1 heterocycles. The highest BCUT2D eigenvalue weighted by Gasteiger charge is 2.05. The number of aromatic amines is 1. The maximum Gasteiger partial charge on any atom is 0.257 e. The van der Waals surface area contributed by atoms with E-state index in [9.17, 15) is 4.79 Å². The number of aliphatic hydroxyl groups is 1. The van der Waals surface area contributed by atoms with Crippen LogP contribution in [-0.2, 0) is 6.54 Å². The minimum absolute atomic E-state index is 0.0417. The number of aromatic nitrogens is 1. The molecule has 2 rings (SSSR count). The Balaban J connectivity index is 2.41. The number of rotatable bonds is 4. The van der Waals surface area contributed by atoms with E-state index in [1.54, 1.807) is 0 Å². The Morgan fingerprint density at radius 1 is 1.22 bits per heavy atom. The predicted octanol–water partition coefficient (Wildman–Crippen LogP) is 0.201. The smallest absolute Gasteiger partial charge is 0.257 e. The average Bonchev–Trinajstić information content (AvgIpc) is 2.33. The van der Waals surface area contributed by atoms with Gasteiger partial charge in [0.25, 0.3) is 5.56 Å². The average molecular weight is 247 g/mol. The van der Waals surface area contributed by atoms with Crippen molar-refractivity contribution < 1.29 is 10.4 Å². The maximum atomic E-state index is 11.9. The van der Waals surface area contributed by atoms with Crippen LogP contribution in [0.25, 0.3) is 10.9 Å². The minimum atomic E-state index is -0.0417. The van der Waals surface area contributed by atoms with Crippen LogP contribution in [0.1, 0.15) is 16.7 Å². The van der Waals surface area contributed by atoms with E-state index >= 15 is 0 Å². The van der Waals surface area contributed by atoms with Crippen LogP contribution in [0.3, 0.4) is 0 Å². The second kappa shape index (κ2) is 5.33. The summed E-state index contributed by atoms with van der Waals surface area (Å²) in [4.78, 5) is 14.8. The molecule has 4 nitrogen and oxygen atoms in total. The van der Waals surface area contributed by atoms with Crippen molar-refractivity contribution in [2.75, 3.05) is 13.2 Å². The lowest BCUT2D eigenvalue weighted by Crippen LogP contribution is -2.83. The van der Waals surface area contributed by atoms with Crippen molar-refractivity contribution >= 4 is 10.9 Å². The van der Waals surface area contributed by atoms with Gasteiger partial charge in [-0.2, -0.15) is 0 Å². The van der Waals surface area contributed by atoms with E-state index in [1.807, 2.05) is 24.4 Å². The highest BCUT2D eigenvalue weighted by molar-refractivity contribution is 5.80. The first-order chi connectivity index (χ1) is 8.61. The van der Waals surface area contributed by atoms with Crippen molar-refractivity contribution in [3.63, 3.8) is 0 Å². The standard InChI is InChI=1S/C14H18N2O2/c1-9-5-11-7-12(8-15-3-4-17)14(18)16-13(11)6-10(9)2/h5-7,15,17H,3-4,8H2,1-2H3,(H,16,18)/p+1. The molecule has 0 aliphatic heterocycles. The lowest BCUT2D eigenvalue weighted by Gasteiger charge is -2.06. The zero-order chi connectivity index (χ0) is 13.1. The lowest BCUT2D eigenvalue weighted by atomic mass is 10.1. The summed E-state index contributed by atoms with van der Waals surface area (Å²) in [6.45, 7) is 5.44. The number of nitrogens with one attached hydrogen (secondary N) is 1. The Labute approximate surface area is 106 Å². The molecule has 18 heavy (non-hydrogen) atoms. The summed E-state index contributed by atoms with van der Waals surface area (Å²) in [5, 5.41) is 11.7. The number of fused-ring (bicyclic) bond motifs is 1. The van der Waals surface area contributed by atoms with Crippen LogP contribution in [0, 0.1) is 13.8 Å². The van der Waals surface area contributed by atoms with E-state index in [0.29, 0.717) is 13.1 Å². The van der Waals surface area contributed by atoms with E-state index in [4.69, 9.17) is 5.11 Å². The van der Waals surface area contributed by atoms with Crippen LogP contribution in [0.5, 0.6) is 0 Å². The molecule has 0 bridgehead atoms. The number of hydrogen-bond donors (Lipinski definition) is 3. The maximum absolute atomic E-state index is 11.9. The predicted molar refractivity (Wildman–Crippen MR) is 71.6 cm³/mol. The molecule has 1 aromatic carbocycles. The topological polar surface area (TPSA) is 69.7 Å². The second-order valence-corrected chi connectivity index (χ2v) is 4.65.